The molecule has 0 aliphatic carbocycles. The minimum atomic E-state index is -0.564. The number of benzene rings is 1. The zero-order valence-corrected chi connectivity index (χ0v) is 12.8. The summed E-state index contributed by atoms with van der Waals surface area (Å²) in [6.45, 7) is 0.207. The van der Waals surface area contributed by atoms with E-state index in [1.165, 1.54) is 19.2 Å². The summed E-state index contributed by atoms with van der Waals surface area (Å²) in [4.78, 5) is 15.9. The van der Waals surface area contributed by atoms with Crippen molar-refractivity contribution in [3.63, 3.8) is 0 Å². The number of nitrogens with two attached hydrogens (primary N) is 1. The average Bonchev–Trinajstić information content (AvgIpc) is 2.49. The number of nitrogens with zero attached hydrogens (tertiary/aromatic N) is 1. The Kier molecular flexibility index (Phi) is 4.87. The topological polar surface area (TPSA) is 77.2 Å². The molecule has 2 aromatic rings. The Morgan fingerprint density at radius 1 is 1.43 bits per heavy atom. The van der Waals surface area contributed by atoms with Crippen molar-refractivity contribution in [2.45, 2.75) is 6.54 Å². The lowest BCUT2D eigenvalue weighted by Crippen LogP contribution is -2.10. The second-order valence-corrected chi connectivity index (χ2v) is 5.06. The molecular weight excluding hydrogens is 341 g/mol. The highest BCUT2D eigenvalue weighted by Gasteiger charge is 2.15. The second kappa shape index (κ2) is 6.64. The molecule has 0 radical (unpaired) electrons. The normalized spacial score (nSPS) is 10.3. The summed E-state index contributed by atoms with van der Waals surface area (Å²) in [5.41, 5.74) is 6.51. The first-order chi connectivity index (χ1) is 10.0. The van der Waals surface area contributed by atoms with E-state index in [9.17, 15) is 9.18 Å². The Morgan fingerprint density at radius 2 is 2.19 bits per heavy atom. The van der Waals surface area contributed by atoms with E-state index in [0.717, 1.165) is 0 Å². The summed E-state index contributed by atoms with van der Waals surface area (Å²) in [6.07, 6.45) is 0. The van der Waals surface area contributed by atoms with Gasteiger partial charge in [-0.25, -0.2) is 14.2 Å². The van der Waals surface area contributed by atoms with Gasteiger partial charge < -0.3 is 15.8 Å². The first-order valence-corrected chi connectivity index (χ1v) is 6.85. The van der Waals surface area contributed by atoms with Crippen LogP contribution in [0.4, 0.5) is 15.9 Å². The van der Waals surface area contributed by atoms with Crippen molar-refractivity contribution in [3.05, 3.63) is 51.9 Å². The number of esters is 1. The van der Waals surface area contributed by atoms with Crippen LogP contribution in [-0.2, 0) is 11.3 Å². The van der Waals surface area contributed by atoms with Crippen LogP contribution in [0.25, 0.3) is 0 Å². The van der Waals surface area contributed by atoms with E-state index in [2.05, 4.69) is 31.0 Å². The Balaban J connectivity index is 2.43. The number of pyridine rings is 1. The van der Waals surface area contributed by atoms with E-state index in [4.69, 9.17) is 5.73 Å². The largest absolute Gasteiger partial charge is 0.465 e. The lowest BCUT2D eigenvalue weighted by atomic mass is 10.2. The zero-order chi connectivity index (χ0) is 15.4. The van der Waals surface area contributed by atoms with Crippen molar-refractivity contribution in [3.8, 4) is 0 Å². The minimum Gasteiger partial charge on any atom is -0.465 e. The van der Waals surface area contributed by atoms with E-state index < -0.39 is 11.8 Å². The average molecular weight is 354 g/mol. The number of ether oxygens (including phenoxy) is 1. The van der Waals surface area contributed by atoms with Gasteiger partial charge in [0.1, 0.15) is 17.2 Å². The predicted octanol–water partition coefficient (Wildman–Crippen LogP) is 2.97. The maximum absolute atomic E-state index is 13.9. The first kappa shape index (κ1) is 15.4. The summed E-state index contributed by atoms with van der Waals surface area (Å²) >= 11 is 3.18. The second-order valence-electron chi connectivity index (χ2n) is 4.14. The highest BCUT2D eigenvalue weighted by atomic mass is 79.9. The minimum absolute atomic E-state index is 0.199. The van der Waals surface area contributed by atoms with Crippen LogP contribution >= 0.6 is 15.9 Å². The lowest BCUT2D eigenvalue weighted by Gasteiger charge is -2.12. The number of hydrogen-bond donors (Lipinski definition) is 2. The molecule has 1 aromatic heterocycles. The van der Waals surface area contributed by atoms with Crippen molar-refractivity contribution in [1.82, 2.24) is 4.98 Å². The van der Waals surface area contributed by atoms with Crippen LogP contribution in [0.2, 0.25) is 0 Å². The van der Waals surface area contributed by atoms with Gasteiger partial charge in [-0.3, -0.25) is 0 Å². The number of methoxy groups -OCH3 is 1. The summed E-state index contributed by atoms with van der Waals surface area (Å²) in [7, 11) is 1.27. The maximum atomic E-state index is 13.9. The third kappa shape index (κ3) is 3.56. The fourth-order valence-electron chi connectivity index (χ4n) is 1.70. The quantitative estimate of drug-likeness (QED) is 0.826. The number of hydrogen-bond acceptors (Lipinski definition) is 5. The van der Waals surface area contributed by atoms with Gasteiger partial charge in [0, 0.05) is 11.0 Å². The molecule has 0 atom stereocenters. The molecule has 1 heterocycles. The fraction of sp³-hybridized carbons (Fsp3) is 0.143. The summed E-state index contributed by atoms with van der Waals surface area (Å²) in [5.74, 6) is -0.836. The molecule has 1 aromatic carbocycles. The number of nitrogens with one attached hydrogen (secondary N) is 1. The fourth-order valence-corrected chi connectivity index (χ4v) is 2.03. The Hall–Kier alpha value is -1.99. The van der Waals surface area contributed by atoms with Crippen LogP contribution in [0.1, 0.15) is 16.1 Å². The van der Waals surface area contributed by atoms with Crippen molar-refractivity contribution in [2.24, 2.45) is 5.73 Å². The van der Waals surface area contributed by atoms with Crippen molar-refractivity contribution >= 4 is 33.4 Å². The van der Waals surface area contributed by atoms with Crippen molar-refractivity contribution < 1.29 is 13.9 Å². The third-order valence-electron chi connectivity index (χ3n) is 2.75. The van der Waals surface area contributed by atoms with Crippen LogP contribution in [-0.4, -0.2) is 18.1 Å². The van der Waals surface area contributed by atoms with Crippen LogP contribution in [0.3, 0.4) is 0 Å². The first-order valence-electron chi connectivity index (χ1n) is 6.05. The molecule has 7 heteroatoms. The van der Waals surface area contributed by atoms with Gasteiger partial charge in [-0.2, -0.15) is 0 Å². The summed E-state index contributed by atoms with van der Waals surface area (Å²) < 4.78 is 19.2. The summed E-state index contributed by atoms with van der Waals surface area (Å²) in [5, 5.41) is 2.79. The molecule has 0 aliphatic rings. The highest BCUT2D eigenvalue weighted by Crippen LogP contribution is 2.25. The van der Waals surface area contributed by atoms with Crippen LogP contribution in [0.5, 0.6) is 0 Å². The molecule has 0 amide bonds. The van der Waals surface area contributed by atoms with E-state index in [1.54, 1.807) is 18.2 Å². The Morgan fingerprint density at radius 3 is 2.81 bits per heavy atom. The number of anilines is 2. The number of aromatic nitrogens is 1. The van der Waals surface area contributed by atoms with Gasteiger partial charge in [-0.05, 0) is 30.3 Å². The number of carbonyl (C=O) groups is 1. The van der Waals surface area contributed by atoms with Crippen LogP contribution < -0.4 is 11.1 Å². The predicted molar refractivity (Wildman–Crippen MR) is 80.9 cm³/mol. The standard InChI is InChI=1S/C14H13BrFN3O2/c1-21-14(20)10-4-3-9(7-17)18-13(10)19-12-5-2-8(15)6-11(12)16/h2-6H,7,17H2,1H3,(H,18,19). The molecule has 21 heavy (non-hydrogen) atoms. The number of carbonyl (C=O) groups excluding carboxylic acids is 1. The van der Waals surface area contributed by atoms with Gasteiger partial charge in [0.2, 0.25) is 0 Å². The monoisotopic (exact) mass is 353 g/mol. The van der Waals surface area contributed by atoms with Gasteiger partial charge in [0.05, 0.1) is 18.5 Å². The van der Waals surface area contributed by atoms with E-state index >= 15 is 0 Å². The van der Waals surface area contributed by atoms with Gasteiger partial charge in [0.15, 0.2) is 0 Å². The molecule has 3 N–H and O–H groups in total. The van der Waals surface area contributed by atoms with Crippen LogP contribution in [0.15, 0.2) is 34.8 Å². The Labute approximate surface area is 129 Å². The third-order valence-corrected chi connectivity index (χ3v) is 3.24. The molecule has 0 spiro atoms. The van der Waals surface area contributed by atoms with Crippen LogP contribution in [0, 0.1) is 5.82 Å². The van der Waals surface area contributed by atoms with Gasteiger partial charge in [-0.1, -0.05) is 15.9 Å². The molecular formula is C14H13BrFN3O2. The van der Waals surface area contributed by atoms with Crippen molar-refractivity contribution in [2.75, 3.05) is 12.4 Å². The highest BCUT2D eigenvalue weighted by molar-refractivity contribution is 9.10. The summed E-state index contributed by atoms with van der Waals surface area (Å²) in [6, 6.07) is 7.69. The van der Waals surface area contributed by atoms with E-state index in [1.807, 2.05) is 0 Å². The smallest absolute Gasteiger partial charge is 0.341 e. The molecule has 2 rings (SSSR count). The maximum Gasteiger partial charge on any atom is 0.341 e. The molecule has 5 nitrogen and oxygen atoms in total. The molecule has 0 aliphatic heterocycles. The van der Waals surface area contributed by atoms with Gasteiger partial charge in [0.25, 0.3) is 0 Å². The SMILES string of the molecule is COC(=O)c1ccc(CN)nc1Nc1ccc(Br)cc1F. The molecule has 0 unspecified atom stereocenters. The molecule has 0 saturated heterocycles. The molecule has 0 fully saturated rings. The molecule has 0 saturated carbocycles. The number of halogens is 2. The van der Waals surface area contributed by atoms with Crippen molar-refractivity contribution in [1.29, 1.82) is 0 Å². The van der Waals surface area contributed by atoms with E-state index in [-0.39, 0.29) is 23.6 Å². The molecule has 110 valence electrons. The zero-order valence-electron chi connectivity index (χ0n) is 11.2. The van der Waals surface area contributed by atoms with Gasteiger partial charge >= 0.3 is 5.97 Å². The number of rotatable bonds is 4. The molecule has 0 bridgehead atoms. The van der Waals surface area contributed by atoms with Gasteiger partial charge in [-0.15, -0.1) is 0 Å². The lowest BCUT2D eigenvalue weighted by molar-refractivity contribution is 0.0601. The van der Waals surface area contributed by atoms with E-state index in [0.29, 0.717) is 10.2 Å². The Bertz CT molecular complexity index is 679.